The third-order valence-corrected chi connectivity index (χ3v) is 4.31. The van der Waals surface area contributed by atoms with E-state index in [1.165, 1.54) is 0 Å². The van der Waals surface area contributed by atoms with Crippen LogP contribution in [0.2, 0.25) is 0 Å². The second-order valence-electron chi connectivity index (χ2n) is 5.87. The van der Waals surface area contributed by atoms with Gasteiger partial charge in [0.25, 0.3) is 0 Å². The molecule has 0 bridgehead atoms. The SMILES string of the molecule is c1ccc(-c2nnc3c4ccccc4nc(-c4ccccc4)n23)cc1. The van der Waals surface area contributed by atoms with Crippen molar-refractivity contribution in [1.82, 2.24) is 19.6 Å². The zero-order chi connectivity index (χ0) is 16.6. The molecule has 118 valence electrons. The zero-order valence-electron chi connectivity index (χ0n) is 13.4. The number of hydrogen-bond donors (Lipinski definition) is 0. The van der Waals surface area contributed by atoms with Gasteiger partial charge in [-0.2, -0.15) is 0 Å². The van der Waals surface area contributed by atoms with Gasteiger partial charge in [0, 0.05) is 16.5 Å². The van der Waals surface area contributed by atoms with E-state index in [4.69, 9.17) is 4.98 Å². The summed E-state index contributed by atoms with van der Waals surface area (Å²) < 4.78 is 2.05. The molecule has 2 heterocycles. The molecule has 0 N–H and O–H groups in total. The van der Waals surface area contributed by atoms with Crippen molar-refractivity contribution in [3.8, 4) is 22.8 Å². The number of hydrogen-bond acceptors (Lipinski definition) is 3. The van der Waals surface area contributed by atoms with Crippen molar-refractivity contribution in [2.75, 3.05) is 0 Å². The van der Waals surface area contributed by atoms with Crippen LogP contribution < -0.4 is 0 Å². The lowest BCUT2D eigenvalue weighted by molar-refractivity contribution is 1.10. The molecule has 0 fully saturated rings. The molecular weight excluding hydrogens is 308 g/mol. The Labute approximate surface area is 144 Å². The summed E-state index contributed by atoms with van der Waals surface area (Å²) in [6.07, 6.45) is 0. The average Bonchev–Trinajstić information content (AvgIpc) is 3.14. The first-order valence-electron chi connectivity index (χ1n) is 8.16. The Hall–Kier alpha value is -3.53. The fourth-order valence-corrected chi connectivity index (χ4v) is 3.14. The van der Waals surface area contributed by atoms with Crippen LogP contribution in [0.25, 0.3) is 39.3 Å². The summed E-state index contributed by atoms with van der Waals surface area (Å²) in [5, 5.41) is 9.95. The Kier molecular flexibility index (Phi) is 3.07. The third-order valence-electron chi connectivity index (χ3n) is 4.31. The molecule has 2 aromatic heterocycles. The highest BCUT2D eigenvalue weighted by Crippen LogP contribution is 2.29. The molecular formula is C21H14N4. The van der Waals surface area contributed by atoms with Gasteiger partial charge in [-0.05, 0) is 12.1 Å². The second kappa shape index (κ2) is 5.53. The van der Waals surface area contributed by atoms with E-state index in [1.807, 2.05) is 77.2 Å². The van der Waals surface area contributed by atoms with Crippen molar-refractivity contribution in [3.05, 3.63) is 84.9 Å². The highest BCUT2D eigenvalue weighted by Gasteiger charge is 2.16. The molecule has 0 aliphatic heterocycles. The lowest BCUT2D eigenvalue weighted by atomic mass is 10.1. The van der Waals surface area contributed by atoms with Crippen molar-refractivity contribution < 1.29 is 0 Å². The first kappa shape index (κ1) is 13.9. The van der Waals surface area contributed by atoms with E-state index in [0.717, 1.165) is 39.3 Å². The zero-order valence-corrected chi connectivity index (χ0v) is 13.4. The Morgan fingerprint density at radius 2 is 1.16 bits per heavy atom. The predicted molar refractivity (Wildman–Crippen MR) is 99.2 cm³/mol. The lowest BCUT2D eigenvalue weighted by Gasteiger charge is -2.09. The Morgan fingerprint density at radius 1 is 0.560 bits per heavy atom. The van der Waals surface area contributed by atoms with E-state index in [0.29, 0.717) is 0 Å². The average molecular weight is 322 g/mol. The summed E-state index contributed by atoms with van der Waals surface area (Å²) in [6, 6.07) is 28.3. The number of aromatic nitrogens is 4. The van der Waals surface area contributed by atoms with Crippen molar-refractivity contribution >= 4 is 16.6 Å². The van der Waals surface area contributed by atoms with Crippen molar-refractivity contribution in [2.24, 2.45) is 0 Å². The fourth-order valence-electron chi connectivity index (χ4n) is 3.14. The summed E-state index contributed by atoms with van der Waals surface area (Å²) in [7, 11) is 0. The minimum absolute atomic E-state index is 0.799. The number of benzene rings is 3. The molecule has 4 heteroatoms. The summed E-state index contributed by atoms with van der Waals surface area (Å²) in [6.45, 7) is 0. The van der Waals surface area contributed by atoms with Crippen LogP contribution in [0.15, 0.2) is 84.9 Å². The Balaban J connectivity index is 1.94. The summed E-state index contributed by atoms with van der Waals surface area (Å²) in [4.78, 5) is 4.91. The summed E-state index contributed by atoms with van der Waals surface area (Å²) in [5.41, 5.74) is 3.80. The second-order valence-corrected chi connectivity index (χ2v) is 5.87. The summed E-state index contributed by atoms with van der Waals surface area (Å²) >= 11 is 0. The maximum atomic E-state index is 4.91. The van der Waals surface area contributed by atoms with Crippen LogP contribution in [0.1, 0.15) is 0 Å². The minimum atomic E-state index is 0.799. The van der Waals surface area contributed by atoms with Crippen LogP contribution in [0.5, 0.6) is 0 Å². The smallest absolute Gasteiger partial charge is 0.172 e. The van der Waals surface area contributed by atoms with Crippen molar-refractivity contribution in [3.63, 3.8) is 0 Å². The van der Waals surface area contributed by atoms with Gasteiger partial charge in [-0.15, -0.1) is 10.2 Å². The fraction of sp³-hybridized carbons (Fsp3) is 0. The molecule has 3 aromatic carbocycles. The maximum absolute atomic E-state index is 4.91. The van der Waals surface area contributed by atoms with E-state index in [9.17, 15) is 0 Å². The molecule has 0 spiro atoms. The molecule has 25 heavy (non-hydrogen) atoms. The normalized spacial score (nSPS) is 11.2. The first-order chi connectivity index (χ1) is 12.4. The molecule has 0 saturated carbocycles. The summed E-state index contributed by atoms with van der Waals surface area (Å²) in [5.74, 6) is 1.64. The third kappa shape index (κ3) is 2.19. The van der Waals surface area contributed by atoms with Gasteiger partial charge in [0.2, 0.25) is 0 Å². The number of para-hydroxylation sites is 1. The van der Waals surface area contributed by atoms with E-state index in [2.05, 4.69) is 22.3 Å². The standard InChI is InChI=1S/C21H14N4/c1-3-9-15(10-4-1)19-22-18-14-8-7-13-17(18)21-24-23-20(25(19)21)16-11-5-2-6-12-16/h1-14H. The molecule has 0 unspecified atom stereocenters. The van der Waals surface area contributed by atoms with Crippen LogP contribution >= 0.6 is 0 Å². The quantitative estimate of drug-likeness (QED) is 0.476. The Bertz CT molecular complexity index is 1180. The van der Waals surface area contributed by atoms with E-state index in [1.54, 1.807) is 0 Å². The first-order valence-corrected chi connectivity index (χ1v) is 8.16. The topological polar surface area (TPSA) is 43.1 Å². The van der Waals surface area contributed by atoms with Gasteiger partial charge >= 0.3 is 0 Å². The van der Waals surface area contributed by atoms with Crippen LogP contribution in [0.4, 0.5) is 0 Å². The van der Waals surface area contributed by atoms with E-state index >= 15 is 0 Å². The van der Waals surface area contributed by atoms with Crippen LogP contribution in [-0.4, -0.2) is 19.6 Å². The monoisotopic (exact) mass is 322 g/mol. The molecule has 0 aliphatic carbocycles. The van der Waals surface area contributed by atoms with Gasteiger partial charge in [-0.3, -0.25) is 4.40 Å². The number of rotatable bonds is 2. The lowest BCUT2D eigenvalue weighted by Crippen LogP contribution is -1.99. The van der Waals surface area contributed by atoms with Gasteiger partial charge in [0.05, 0.1) is 5.52 Å². The highest BCUT2D eigenvalue weighted by molar-refractivity contribution is 5.93. The van der Waals surface area contributed by atoms with Crippen LogP contribution in [-0.2, 0) is 0 Å². The van der Waals surface area contributed by atoms with Gasteiger partial charge in [-0.25, -0.2) is 4.98 Å². The number of nitrogens with zero attached hydrogens (tertiary/aromatic N) is 4. The van der Waals surface area contributed by atoms with E-state index < -0.39 is 0 Å². The molecule has 0 radical (unpaired) electrons. The Morgan fingerprint density at radius 3 is 1.88 bits per heavy atom. The predicted octanol–water partition coefficient (Wildman–Crippen LogP) is 4.61. The van der Waals surface area contributed by atoms with Gasteiger partial charge in [0.15, 0.2) is 11.5 Å². The van der Waals surface area contributed by atoms with E-state index in [-0.39, 0.29) is 0 Å². The van der Waals surface area contributed by atoms with Gasteiger partial charge in [0.1, 0.15) is 5.82 Å². The molecule has 4 nitrogen and oxygen atoms in total. The number of fused-ring (bicyclic) bond motifs is 3. The maximum Gasteiger partial charge on any atom is 0.172 e. The molecule has 0 aliphatic rings. The molecule has 0 amide bonds. The molecule has 5 rings (SSSR count). The van der Waals surface area contributed by atoms with Gasteiger partial charge in [-0.1, -0.05) is 72.8 Å². The largest absolute Gasteiger partial charge is 0.258 e. The van der Waals surface area contributed by atoms with Crippen LogP contribution in [0, 0.1) is 0 Å². The minimum Gasteiger partial charge on any atom is -0.258 e. The van der Waals surface area contributed by atoms with Gasteiger partial charge < -0.3 is 0 Å². The molecule has 0 saturated heterocycles. The molecule has 5 aromatic rings. The highest BCUT2D eigenvalue weighted by atomic mass is 15.3. The van der Waals surface area contributed by atoms with Crippen molar-refractivity contribution in [1.29, 1.82) is 0 Å². The molecule has 0 atom stereocenters. The van der Waals surface area contributed by atoms with Crippen LogP contribution in [0.3, 0.4) is 0 Å². The van der Waals surface area contributed by atoms with Crippen molar-refractivity contribution in [2.45, 2.75) is 0 Å².